The number of hydrogen-bond acceptors (Lipinski definition) is 4. The van der Waals surface area contributed by atoms with Crippen LogP contribution in [0.1, 0.15) is 23.6 Å². The van der Waals surface area contributed by atoms with Crippen LogP contribution >= 0.6 is 0 Å². The van der Waals surface area contributed by atoms with Crippen LogP contribution in [-0.4, -0.2) is 25.3 Å². The fourth-order valence-electron chi connectivity index (χ4n) is 1.98. The average molecular weight is 326 g/mol. The number of carbonyl (C=O) groups excluding carboxylic acids is 1. The lowest BCUT2D eigenvalue weighted by molar-refractivity contribution is -0.123. The number of ether oxygens (including phenoxy) is 2. The third-order valence-electron chi connectivity index (χ3n) is 3.44. The Kier molecular flexibility index (Phi) is 6.37. The number of carbonyl (C=O) groups is 1. The average Bonchev–Trinajstić information content (AvgIpc) is 2.58. The van der Waals surface area contributed by atoms with E-state index in [-0.39, 0.29) is 12.5 Å². The summed E-state index contributed by atoms with van der Waals surface area (Å²) in [7, 11) is 0. The van der Waals surface area contributed by atoms with E-state index in [0.717, 1.165) is 16.9 Å². The van der Waals surface area contributed by atoms with Gasteiger partial charge in [-0.2, -0.15) is 5.10 Å². The molecule has 0 aliphatic carbocycles. The first-order valence-corrected chi connectivity index (χ1v) is 7.83. The molecule has 0 heterocycles. The van der Waals surface area contributed by atoms with Gasteiger partial charge >= 0.3 is 0 Å². The molecule has 126 valence electrons. The van der Waals surface area contributed by atoms with Crippen LogP contribution < -0.4 is 14.9 Å². The molecule has 0 aromatic heterocycles. The molecule has 0 fully saturated rings. The summed E-state index contributed by atoms with van der Waals surface area (Å²) < 4.78 is 10.8. The van der Waals surface area contributed by atoms with Crippen LogP contribution in [0.3, 0.4) is 0 Å². The van der Waals surface area contributed by atoms with E-state index in [1.54, 1.807) is 6.21 Å². The lowest BCUT2D eigenvalue weighted by Crippen LogP contribution is -2.24. The number of benzene rings is 2. The fourth-order valence-corrected chi connectivity index (χ4v) is 1.98. The highest BCUT2D eigenvalue weighted by atomic mass is 16.5. The van der Waals surface area contributed by atoms with Crippen molar-refractivity contribution in [3.05, 3.63) is 59.2 Å². The van der Waals surface area contributed by atoms with Gasteiger partial charge in [-0.05, 0) is 73.9 Å². The third-order valence-corrected chi connectivity index (χ3v) is 3.44. The van der Waals surface area contributed by atoms with E-state index in [0.29, 0.717) is 12.4 Å². The van der Waals surface area contributed by atoms with Crippen molar-refractivity contribution >= 4 is 12.1 Å². The maximum absolute atomic E-state index is 11.7. The molecule has 24 heavy (non-hydrogen) atoms. The second-order valence-corrected chi connectivity index (χ2v) is 5.33. The van der Waals surface area contributed by atoms with Crippen molar-refractivity contribution in [2.45, 2.75) is 20.8 Å². The molecule has 0 aliphatic heterocycles. The van der Waals surface area contributed by atoms with Crippen molar-refractivity contribution < 1.29 is 14.3 Å². The van der Waals surface area contributed by atoms with Gasteiger partial charge < -0.3 is 9.47 Å². The Hall–Kier alpha value is -2.82. The minimum atomic E-state index is -0.310. The Bertz CT molecular complexity index is 709. The van der Waals surface area contributed by atoms with Crippen LogP contribution in [0.4, 0.5) is 0 Å². The third kappa shape index (κ3) is 5.43. The van der Waals surface area contributed by atoms with Gasteiger partial charge in [-0.3, -0.25) is 4.79 Å². The van der Waals surface area contributed by atoms with Gasteiger partial charge in [-0.25, -0.2) is 5.43 Å². The van der Waals surface area contributed by atoms with Gasteiger partial charge in [0.2, 0.25) is 0 Å². The zero-order valence-electron chi connectivity index (χ0n) is 14.2. The van der Waals surface area contributed by atoms with Gasteiger partial charge in [0.25, 0.3) is 5.91 Å². The molecule has 0 unspecified atom stereocenters. The Labute approximate surface area is 142 Å². The number of hydrazone groups is 1. The Balaban J connectivity index is 1.78. The monoisotopic (exact) mass is 326 g/mol. The minimum Gasteiger partial charge on any atom is -0.494 e. The summed E-state index contributed by atoms with van der Waals surface area (Å²) in [4.78, 5) is 11.7. The molecule has 0 saturated carbocycles. The molecule has 0 saturated heterocycles. The van der Waals surface area contributed by atoms with Crippen LogP contribution in [0.15, 0.2) is 47.6 Å². The maximum atomic E-state index is 11.7. The molecule has 2 aromatic carbocycles. The Morgan fingerprint density at radius 3 is 2.42 bits per heavy atom. The summed E-state index contributed by atoms with van der Waals surface area (Å²) in [6.45, 7) is 6.52. The Morgan fingerprint density at radius 1 is 1.04 bits per heavy atom. The predicted octanol–water partition coefficient (Wildman–Crippen LogP) is 3.23. The summed E-state index contributed by atoms with van der Waals surface area (Å²) in [5.74, 6) is 1.17. The van der Waals surface area contributed by atoms with Crippen molar-refractivity contribution in [1.29, 1.82) is 0 Å². The fraction of sp³-hybridized carbons (Fsp3) is 0.263. The lowest BCUT2D eigenvalue weighted by Gasteiger charge is -2.07. The van der Waals surface area contributed by atoms with Gasteiger partial charge in [-0.1, -0.05) is 6.07 Å². The zero-order chi connectivity index (χ0) is 17.4. The number of aryl methyl sites for hydroxylation is 2. The molecular weight excluding hydrogens is 304 g/mol. The molecule has 0 radical (unpaired) electrons. The smallest absolute Gasteiger partial charge is 0.277 e. The summed E-state index contributed by atoms with van der Waals surface area (Å²) >= 11 is 0. The number of amides is 1. The predicted molar refractivity (Wildman–Crippen MR) is 94.8 cm³/mol. The van der Waals surface area contributed by atoms with E-state index in [4.69, 9.17) is 9.47 Å². The van der Waals surface area contributed by atoms with Crippen molar-refractivity contribution in [1.82, 2.24) is 5.43 Å². The van der Waals surface area contributed by atoms with Crippen LogP contribution in [0.5, 0.6) is 11.5 Å². The van der Waals surface area contributed by atoms with E-state index in [9.17, 15) is 4.79 Å². The summed E-state index contributed by atoms with van der Waals surface area (Å²) in [5, 5.41) is 3.92. The van der Waals surface area contributed by atoms with Gasteiger partial charge in [0.05, 0.1) is 12.8 Å². The summed E-state index contributed by atoms with van der Waals surface area (Å²) in [6.07, 6.45) is 1.57. The van der Waals surface area contributed by atoms with Crippen LogP contribution in [0.25, 0.3) is 0 Å². The number of nitrogens with zero attached hydrogens (tertiary/aromatic N) is 1. The molecule has 1 N–H and O–H groups in total. The Morgan fingerprint density at radius 2 is 1.75 bits per heavy atom. The van der Waals surface area contributed by atoms with Crippen molar-refractivity contribution in [3.8, 4) is 11.5 Å². The zero-order valence-corrected chi connectivity index (χ0v) is 14.2. The summed E-state index contributed by atoms with van der Waals surface area (Å²) in [5.41, 5.74) is 5.62. The number of nitrogens with one attached hydrogen (secondary N) is 1. The molecule has 0 spiro atoms. The highest BCUT2D eigenvalue weighted by molar-refractivity contribution is 5.83. The normalized spacial score (nSPS) is 10.6. The van der Waals surface area contributed by atoms with Gasteiger partial charge in [0.1, 0.15) is 11.5 Å². The summed E-state index contributed by atoms with van der Waals surface area (Å²) in [6, 6.07) is 13.2. The van der Waals surface area contributed by atoms with E-state index >= 15 is 0 Å². The second kappa shape index (κ2) is 8.72. The quantitative estimate of drug-likeness (QED) is 0.628. The number of hydrogen-bond donors (Lipinski definition) is 1. The standard InChI is InChI=1S/C19H22N2O3/c1-4-23-17-9-6-16(7-10-17)12-20-21-19(22)13-24-18-8-5-14(2)15(3)11-18/h5-12H,4,13H2,1-3H3,(H,21,22). The van der Waals surface area contributed by atoms with E-state index in [2.05, 4.69) is 10.5 Å². The highest BCUT2D eigenvalue weighted by Crippen LogP contribution is 2.16. The molecule has 0 aliphatic rings. The van der Waals surface area contributed by atoms with Crippen molar-refractivity contribution in [3.63, 3.8) is 0 Å². The molecule has 0 atom stereocenters. The first kappa shape index (κ1) is 17.5. The SMILES string of the molecule is CCOc1ccc(C=NNC(=O)COc2ccc(C)c(C)c2)cc1. The van der Waals surface area contributed by atoms with E-state index < -0.39 is 0 Å². The minimum absolute atomic E-state index is 0.0802. The van der Waals surface area contributed by atoms with Crippen LogP contribution in [0.2, 0.25) is 0 Å². The molecule has 5 nitrogen and oxygen atoms in total. The van der Waals surface area contributed by atoms with Crippen molar-refractivity contribution in [2.24, 2.45) is 5.10 Å². The number of rotatable bonds is 7. The molecule has 5 heteroatoms. The van der Waals surface area contributed by atoms with E-state index in [1.807, 2.05) is 63.2 Å². The molecule has 2 rings (SSSR count). The maximum Gasteiger partial charge on any atom is 0.277 e. The largest absolute Gasteiger partial charge is 0.494 e. The molecule has 2 aromatic rings. The first-order valence-electron chi connectivity index (χ1n) is 7.83. The van der Waals surface area contributed by atoms with Gasteiger partial charge in [-0.15, -0.1) is 0 Å². The second-order valence-electron chi connectivity index (χ2n) is 5.33. The van der Waals surface area contributed by atoms with Crippen molar-refractivity contribution in [2.75, 3.05) is 13.2 Å². The van der Waals surface area contributed by atoms with Gasteiger partial charge in [0.15, 0.2) is 6.61 Å². The lowest BCUT2D eigenvalue weighted by atomic mass is 10.1. The molecule has 0 bridgehead atoms. The molecular formula is C19H22N2O3. The van der Waals surface area contributed by atoms with Gasteiger partial charge in [0, 0.05) is 0 Å². The van der Waals surface area contributed by atoms with E-state index in [1.165, 1.54) is 5.56 Å². The first-order chi connectivity index (χ1) is 11.6. The van der Waals surface area contributed by atoms with Crippen LogP contribution in [0, 0.1) is 13.8 Å². The molecule has 1 amide bonds. The topological polar surface area (TPSA) is 59.9 Å². The highest BCUT2D eigenvalue weighted by Gasteiger charge is 2.02. The van der Waals surface area contributed by atoms with Crippen LogP contribution in [-0.2, 0) is 4.79 Å².